The van der Waals surface area contributed by atoms with Crippen LogP contribution in [0.3, 0.4) is 0 Å². The average molecular weight is 566 g/mol. The van der Waals surface area contributed by atoms with Gasteiger partial charge in [-0.25, -0.2) is 0 Å². The molecule has 1 aliphatic carbocycles. The van der Waals surface area contributed by atoms with Crippen LogP contribution in [-0.2, 0) is 20.7 Å². The van der Waals surface area contributed by atoms with Gasteiger partial charge in [0.25, 0.3) is 0 Å². The Labute approximate surface area is 222 Å². The number of amides is 1. The Bertz CT molecular complexity index is 1320. The maximum Gasteiger partial charge on any atom is 0.229 e. The van der Waals surface area contributed by atoms with Crippen LogP contribution in [-0.4, -0.2) is 60.4 Å². The average Bonchev–Trinajstić information content (AvgIpc) is 3.32. The molecule has 1 saturated carbocycles. The van der Waals surface area contributed by atoms with Gasteiger partial charge in [0.1, 0.15) is 17.1 Å². The molecule has 37 heavy (non-hydrogen) atoms. The first-order valence-corrected chi connectivity index (χ1v) is 13.0. The summed E-state index contributed by atoms with van der Waals surface area (Å²) in [6.07, 6.45) is 1.31. The molecule has 1 N–H and O–H groups in total. The second-order valence-corrected chi connectivity index (χ2v) is 10.5. The Morgan fingerprint density at radius 2 is 1.84 bits per heavy atom. The van der Waals surface area contributed by atoms with Gasteiger partial charge in [-0.1, -0.05) is 58.4 Å². The van der Waals surface area contributed by atoms with Crippen LogP contribution < -0.4 is 14.6 Å². The zero-order valence-corrected chi connectivity index (χ0v) is 21.8. The summed E-state index contributed by atoms with van der Waals surface area (Å²) in [6.45, 7) is 1.60. The third kappa shape index (κ3) is 3.38. The van der Waals surface area contributed by atoms with Gasteiger partial charge in [-0.15, -0.1) is 0 Å². The van der Waals surface area contributed by atoms with E-state index in [4.69, 9.17) is 14.2 Å². The van der Waals surface area contributed by atoms with Gasteiger partial charge in [0.2, 0.25) is 5.91 Å². The zero-order valence-electron chi connectivity index (χ0n) is 20.2. The molecular formula is C28H26BrN2O6-. The van der Waals surface area contributed by atoms with E-state index in [0.717, 1.165) is 10.0 Å². The Morgan fingerprint density at radius 3 is 2.51 bits per heavy atom. The number of morpholine rings is 1. The third-order valence-electron chi connectivity index (χ3n) is 7.88. The van der Waals surface area contributed by atoms with E-state index in [0.29, 0.717) is 31.9 Å². The molecule has 3 heterocycles. The number of carbonyl (C=O) groups is 1. The van der Waals surface area contributed by atoms with E-state index >= 15 is 5.11 Å². The van der Waals surface area contributed by atoms with Crippen molar-refractivity contribution in [2.75, 3.05) is 33.4 Å². The van der Waals surface area contributed by atoms with Crippen LogP contribution in [0.1, 0.15) is 22.6 Å². The lowest BCUT2D eigenvalue weighted by atomic mass is 9.70. The first-order valence-electron chi connectivity index (χ1n) is 12.2. The lowest BCUT2D eigenvalue weighted by Gasteiger charge is -2.49. The van der Waals surface area contributed by atoms with Crippen LogP contribution in [0, 0.1) is 5.92 Å². The number of aromatic nitrogens is 1. The maximum absolute atomic E-state index is 15.5. The summed E-state index contributed by atoms with van der Waals surface area (Å²) >= 11 is 3.48. The summed E-state index contributed by atoms with van der Waals surface area (Å²) in [6, 6.07) is 16.7. The van der Waals surface area contributed by atoms with Gasteiger partial charge in [0.05, 0.1) is 44.7 Å². The number of hydrogen-bond acceptors (Lipinski definition) is 7. The van der Waals surface area contributed by atoms with Crippen LogP contribution in [0.2, 0.25) is 0 Å². The molecular weight excluding hydrogens is 540 g/mol. The third-order valence-corrected chi connectivity index (χ3v) is 8.41. The number of aliphatic hydroxyl groups is 1. The van der Waals surface area contributed by atoms with Crippen molar-refractivity contribution in [3.8, 4) is 11.5 Å². The fourth-order valence-electron chi connectivity index (χ4n) is 6.33. The molecule has 5 atom stereocenters. The standard InChI is InChI=1S/C28H26BrN2O6/c1-35-20-15-30-16-21-24(20)27(34)25(32)22(26(33)31-11-13-36-14-12-31)23(17-5-3-2-4-6-17)28(27,37-21)18-7-9-19(29)10-8-18/h2-10,15-16,22-23,25,32H,11-14H2,1H3/q-1/t22-,23-,25-,27+,28+/m1/s1. The highest BCUT2D eigenvalue weighted by Crippen LogP contribution is 2.68. The highest BCUT2D eigenvalue weighted by atomic mass is 79.9. The highest BCUT2D eigenvalue weighted by Gasteiger charge is 2.72. The maximum atomic E-state index is 15.5. The molecule has 2 aromatic carbocycles. The number of methoxy groups -OCH3 is 1. The van der Waals surface area contributed by atoms with Gasteiger partial charge in [-0.05, 0) is 28.9 Å². The van der Waals surface area contributed by atoms with E-state index in [-0.39, 0.29) is 23.0 Å². The molecule has 9 heteroatoms. The molecule has 0 bridgehead atoms. The van der Waals surface area contributed by atoms with Crippen LogP contribution in [0.15, 0.2) is 71.5 Å². The Kier molecular flexibility index (Phi) is 5.99. The lowest BCUT2D eigenvalue weighted by Crippen LogP contribution is -2.60. The number of aliphatic hydroxyl groups excluding tert-OH is 1. The summed E-state index contributed by atoms with van der Waals surface area (Å²) in [5.74, 6) is -1.68. The monoisotopic (exact) mass is 565 g/mol. The molecule has 3 aromatic rings. The second-order valence-electron chi connectivity index (χ2n) is 9.59. The molecule has 192 valence electrons. The molecule has 6 rings (SSSR count). The van der Waals surface area contributed by atoms with Crippen molar-refractivity contribution in [1.29, 1.82) is 0 Å². The van der Waals surface area contributed by atoms with Gasteiger partial charge >= 0.3 is 0 Å². The number of fused-ring (bicyclic) bond motifs is 3. The van der Waals surface area contributed by atoms with Crippen molar-refractivity contribution < 1.29 is 29.2 Å². The normalized spacial score (nSPS) is 30.4. The van der Waals surface area contributed by atoms with Gasteiger partial charge in [0.15, 0.2) is 0 Å². The smallest absolute Gasteiger partial charge is 0.229 e. The molecule has 3 aliphatic rings. The summed E-state index contributed by atoms with van der Waals surface area (Å²) in [4.78, 5) is 20.0. The molecule has 1 aromatic heterocycles. The molecule has 2 aliphatic heterocycles. The first-order chi connectivity index (χ1) is 17.9. The summed E-state index contributed by atoms with van der Waals surface area (Å²) in [5, 5.41) is 27.5. The number of pyridine rings is 1. The highest BCUT2D eigenvalue weighted by molar-refractivity contribution is 9.10. The summed E-state index contributed by atoms with van der Waals surface area (Å²) < 4.78 is 18.5. The number of rotatable bonds is 4. The van der Waals surface area contributed by atoms with Crippen molar-refractivity contribution in [3.05, 3.63) is 88.2 Å². The molecule has 1 saturated heterocycles. The predicted molar refractivity (Wildman–Crippen MR) is 135 cm³/mol. The molecule has 0 radical (unpaired) electrons. The minimum atomic E-state index is -2.27. The van der Waals surface area contributed by atoms with E-state index in [1.807, 2.05) is 54.6 Å². The van der Waals surface area contributed by atoms with E-state index in [1.165, 1.54) is 19.5 Å². The Balaban J connectivity index is 1.65. The minimum absolute atomic E-state index is 0.179. The van der Waals surface area contributed by atoms with Crippen molar-refractivity contribution >= 4 is 21.8 Å². The van der Waals surface area contributed by atoms with Crippen molar-refractivity contribution in [2.45, 2.75) is 23.2 Å². The number of benzene rings is 2. The number of halogens is 1. The number of hydrogen-bond donors (Lipinski definition) is 1. The van der Waals surface area contributed by atoms with Gasteiger partial charge < -0.3 is 29.3 Å². The Hall–Kier alpha value is -2.98. The SMILES string of the molecule is COc1cncc2c1[C@]1([O-])[C@H](O)[C@H](C(=O)N3CCOCC3)[C@@H](c3ccccc3)[C@]1(c1ccc(Br)cc1)O2. The topological polar surface area (TPSA) is 104 Å². The zero-order chi connectivity index (χ0) is 25.8. The van der Waals surface area contributed by atoms with E-state index < -0.39 is 29.1 Å². The van der Waals surface area contributed by atoms with Crippen molar-refractivity contribution in [2.24, 2.45) is 5.92 Å². The Morgan fingerprint density at radius 1 is 1.14 bits per heavy atom. The van der Waals surface area contributed by atoms with Gasteiger partial charge in [-0.2, -0.15) is 0 Å². The van der Waals surface area contributed by atoms with Crippen LogP contribution >= 0.6 is 15.9 Å². The van der Waals surface area contributed by atoms with Crippen LogP contribution in [0.4, 0.5) is 0 Å². The fraction of sp³-hybridized carbons (Fsp3) is 0.357. The number of ether oxygens (including phenoxy) is 3. The van der Waals surface area contributed by atoms with E-state index in [1.54, 1.807) is 4.90 Å². The quantitative estimate of drug-likeness (QED) is 0.517. The molecule has 2 fully saturated rings. The van der Waals surface area contributed by atoms with E-state index in [9.17, 15) is 9.90 Å². The molecule has 8 nitrogen and oxygen atoms in total. The van der Waals surface area contributed by atoms with Gasteiger partial charge in [-0.3, -0.25) is 9.78 Å². The summed E-state index contributed by atoms with van der Waals surface area (Å²) in [5.41, 5.74) is -2.45. The van der Waals surface area contributed by atoms with Gasteiger partial charge in [0, 0.05) is 29.0 Å². The number of carbonyl (C=O) groups excluding carboxylic acids is 1. The van der Waals surface area contributed by atoms with Crippen molar-refractivity contribution in [1.82, 2.24) is 9.88 Å². The summed E-state index contributed by atoms with van der Waals surface area (Å²) in [7, 11) is 1.45. The minimum Gasteiger partial charge on any atom is -0.841 e. The number of nitrogens with zero attached hydrogens (tertiary/aromatic N) is 2. The predicted octanol–water partition coefficient (Wildman–Crippen LogP) is 2.33. The lowest BCUT2D eigenvalue weighted by molar-refractivity contribution is -0.527. The first kappa shape index (κ1) is 24.4. The largest absolute Gasteiger partial charge is 0.841 e. The molecule has 0 unspecified atom stereocenters. The molecule has 1 amide bonds. The molecule has 0 spiro atoms. The van der Waals surface area contributed by atoms with Crippen LogP contribution in [0.25, 0.3) is 0 Å². The van der Waals surface area contributed by atoms with Crippen molar-refractivity contribution in [3.63, 3.8) is 0 Å². The second kappa shape index (κ2) is 9.09. The fourth-order valence-corrected chi connectivity index (χ4v) is 6.60. The van der Waals surface area contributed by atoms with Crippen LogP contribution in [0.5, 0.6) is 11.5 Å². The van der Waals surface area contributed by atoms with E-state index in [2.05, 4.69) is 20.9 Å².